The van der Waals surface area contributed by atoms with Gasteiger partial charge in [0.05, 0.1) is 24.9 Å². The molecule has 2 N–H and O–H groups in total. The second kappa shape index (κ2) is 6.09. The van der Waals surface area contributed by atoms with E-state index in [0.717, 1.165) is 5.82 Å². The Bertz CT molecular complexity index is 332. The van der Waals surface area contributed by atoms with Crippen LogP contribution in [0.4, 0.5) is 0 Å². The van der Waals surface area contributed by atoms with Crippen LogP contribution in [0.5, 0.6) is 0 Å². The lowest BCUT2D eigenvalue weighted by atomic mass is 10.2. The Morgan fingerprint density at radius 2 is 2.24 bits per heavy atom. The second-order valence-electron chi connectivity index (χ2n) is 5.07. The molecule has 1 atom stereocenters. The molecule has 17 heavy (non-hydrogen) atoms. The molecule has 1 rings (SSSR count). The molecule has 6 heteroatoms. The van der Waals surface area contributed by atoms with Crippen LogP contribution in [0.1, 0.15) is 26.6 Å². The van der Waals surface area contributed by atoms with Crippen LogP contribution >= 0.6 is 0 Å². The fourth-order valence-electron chi connectivity index (χ4n) is 1.22. The Morgan fingerprint density at radius 3 is 2.76 bits per heavy atom. The van der Waals surface area contributed by atoms with Gasteiger partial charge in [-0.15, -0.1) is 10.2 Å². The van der Waals surface area contributed by atoms with Gasteiger partial charge in [-0.25, -0.2) is 0 Å². The van der Waals surface area contributed by atoms with Crippen molar-refractivity contribution < 1.29 is 9.84 Å². The predicted molar refractivity (Wildman–Crippen MR) is 64.4 cm³/mol. The maximum Gasteiger partial charge on any atom is 0.146 e. The summed E-state index contributed by atoms with van der Waals surface area (Å²) < 4.78 is 7.32. The molecule has 1 aromatic rings. The zero-order valence-corrected chi connectivity index (χ0v) is 11.0. The molecule has 0 aliphatic rings. The molecular weight excluding hydrogens is 220 g/mol. The highest BCUT2D eigenvalue weighted by Crippen LogP contribution is 2.06. The quantitative estimate of drug-likeness (QED) is 0.739. The van der Waals surface area contributed by atoms with Gasteiger partial charge in [0.25, 0.3) is 0 Å². The van der Waals surface area contributed by atoms with E-state index in [9.17, 15) is 5.11 Å². The van der Waals surface area contributed by atoms with E-state index < -0.39 is 6.10 Å². The van der Waals surface area contributed by atoms with Gasteiger partial charge in [0.2, 0.25) is 0 Å². The number of rotatable bonds is 6. The number of aryl methyl sites for hydroxylation is 1. The van der Waals surface area contributed by atoms with E-state index in [-0.39, 0.29) is 5.60 Å². The van der Waals surface area contributed by atoms with E-state index in [2.05, 4.69) is 15.5 Å². The van der Waals surface area contributed by atoms with Crippen molar-refractivity contribution in [3.05, 3.63) is 12.2 Å². The lowest BCUT2D eigenvalue weighted by molar-refractivity contribution is -0.0479. The zero-order valence-electron chi connectivity index (χ0n) is 11.0. The van der Waals surface area contributed by atoms with Gasteiger partial charge in [0.15, 0.2) is 0 Å². The van der Waals surface area contributed by atoms with E-state index in [1.807, 2.05) is 32.4 Å². The zero-order chi connectivity index (χ0) is 12.9. The molecule has 0 fully saturated rings. The molecule has 0 aliphatic heterocycles. The minimum absolute atomic E-state index is 0.218. The summed E-state index contributed by atoms with van der Waals surface area (Å²) in [6, 6.07) is 0. The number of hydrogen-bond donors (Lipinski definition) is 2. The van der Waals surface area contributed by atoms with Crippen LogP contribution in [0, 0.1) is 0 Å². The fourth-order valence-corrected chi connectivity index (χ4v) is 1.22. The van der Waals surface area contributed by atoms with Crippen molar-refractivity contribution in [1.29, 1.82) is 0 Å². The number of hydrogen-bond acceptors (Lipinski definition) is 5. The van der Waals surface area contributed by atoms with Crippen molar-refractivity contribution in [2.24, 2.45) is 7.05 Å². The first-order valence-corrected chi connectivity index (χ1v) is 5.74. The summed E-state index contributed by atoms with van der Waals surface area (Å²) in [4.78, 5) is 0. The van der Waals surface area contributed by atoms with Crippen molar-refractivity contribution in [1.82, 2.24) is 20.1 Å². The molecule has 1 aromatic heterocycles. The van der Waals surface area contributed by atoms with Crippen molar-refractivity contribution in [3.8, 4) is 0 Å². The summed E-state index contributed by atoms with van der Waals surface area (Å²) in [5.41, 5.74) is -0.218. The summed E-state index contributed by atoms with van der Waals surface area (Å²) in [7, 11) is 1.89. The Hall–Kier alpha value is -0.980. The first-order chi connectivity index (χ1) is 7.88. The third kappa shape index (κ3) is 5.76. The Morgan fingerprint density at radius 1 is 1.53 bits per heavy atom. The number of nitrogens with one attached hydrogen (secondary N) is 1. The number of nitrogens with zero attached hydrogens (tertiary/aromatic N) is 3. The van der Waals surface area contributed by atoms with Gasteiger partial charge in [-0.1, -0.05) is 0 Å². The minimum Gasteiger partial charge on any atom is -0.389 e. The summed E-state index contributed by atoms with van der Waals surface area (Å²) in [6.07, 6.45) is 1.14. The van der Waals surface area contributed by atoms with E-state index in [1.165, 1.54) is 0 Å². The van der Waals surface area contributed by atoms with Crippen LogP contribution in [0.3, 0.4) is 0 Å². The molecule has 0 saturated heterocycles. The van der Waals surface area contributed by atoms with Crippen LogP contribution in [-0.4, -0.2) is 44.7 Å². The number of aliphatic hydroxyl groups excluding tert-OH is 1. The number of aromatic nitrogens is 3. The average Bonchev–Trinajstić information content (AvgIpc) is 2.61. The molecule has 0 aromatic carbocycles. The maximum absolute atomic E-state index is 9.68. The van der Waals surface area contributed by atoms with E-state index >= 15 is 0 Å². The molecule has 1 unspecified atom stereocenters. The number of ether oxygens (including phenoxy) is 1. The lowest BCUT2D eigenvalue weighted by Crippen LogP contribution is -2.33. The van der Waals surface area contributed by atoms with Gasteiger partial charge in [-0.2, -0.15) is 0 Å². The summed E-state index contributed by atoms with van der Waals surface area (Å²) in [5, 5.41) is 20.5. The SMILES string of the molecule is Cn1cnnc1CNCC(O)COC(C)(C)C. The number of aliphatic hydroxyl groups is 1. The third-order valence-corrected chi connectivity index (χ3v) is 2.18. The Labute approximate surface area is 102 Å². The van der Waals surface area contributed by atoms with Crippen molar-refractivity contribution in [3.63, 3.8) is 0 Å². The van der Waals surface area contributed by atoms with Crippen LogP contribution in [0.15, 0.2) is 6.33 Å². The molecular formula is C11H22N4O2. The highest BCUT2D eigenvalue weighted by molar-refractivity contribution is 4.83. The highest BCUT2D eigenvalue weighted by atomic mass is 16.5. The summed E-state index contributed by atoms with van der Waals surface area (Å²) in [6.45, 7) is 7.29. The monoisotopic (exact) mass is 242 g/mol. The van der Waals surface area contributed by atoms with Gasteiger partial charge in [-0.3, -0.25) is 0 Å². The van der Waals surface area contributed by atoms with Crippen molar-refractivity contribution in [2.75, 3.05) is 13.2 Å². The van der Waals surface area contributed by atoms with Gasteiger partial charge in [0, 0.05) is 13.6 Å². The summed E-state index contributed by atoms with van der Waals surface area (Å²) in [5.74, 6) is 0.842. The lowest BCUT2D eigenvalue weighted by Gasteiger charge is -2.22. The molecule has 0 aliphatic carbocycles. The normalized spacial score (nSPS) is 13.9. The van der Waals surface area contributed by atoms with Gasteiger partial charge < -0.3 is 19.7 Å². The molecule has 6 nitrogen and oxygen atoms in total. The van der Waals surface area contributed by atoms with E-state index in [1.54, 1.807) is 6.33 Å². The highest BCUT2D eigenvalue weighted by Gasteiger charge is 2.13. The molecule has 0 spiro atoms. The van der Waals surface area contributed by atoms with Crippen molar-refractivity contribution >= 4 is 0 Å². The first-order valence-electron chi connectivity index (χ1n) is 5.74. The van der Waals surface area contributed by atoms with Crippen LogP contribution in [0.25, 0.3) is 0 Å². The molecule has 98 valence electrons. The molecule has 1 heterocycles. The smallest absolute Gasteiger partial charge is 0.146 e. The first kappa shape index (κ1) is 14.1. The fraction of sp³-hybridized carbons (Fsp3) is 0.818. The topological polar surface area (TPSA) is 72.2 Å². The average molecular weight is 242 g/mol. The molecule has 0 amide bonds. The van der Waals surface area contributed by atoms with Crippen LogP contribution < -0.4 is 5.32 Å². The second-order valence-corrected chi connectivity index (χ2v) is 5.07. The summed E-state index contributed by atoms with van der Waals surface area (Å²) >= 11 is 0. The molecule has 0 bridgehead atoms. The van der Waals surface area contributed by atoms with Crippen LogP contribution in [-0.2, 0) is 18.3 Å². The Balaban J connectivity index is 2.16. The van der Waals surface area contributed by atoms with E-state index in [4.69, 9.17) is 4.74 Å². The van der Waals surface area contributed by atoms with Crippen molar-refractivity contribution in [2.45, 2.75) is 39.0 Å². The maximum atomic E-state index is 9.68. The van der Waals surface area contributed by atoms with E-state index in [0.29, 0.717) is 19.7 Å². The standard InChI is InChI=1S/C11H22N4O2/c1-11(2,3)17-7-9(16)5-12-6-10-14-13-8-15(10)4/h8-9,12,16H,5-7H2,1-4H3. The third-order valence-electron chi connectivity index (χ3n) is 2.18. The van der Waals surface area contributed by atoms with Gasteiger partial charge in [-0.05, 0) is 20.8 Å². The van der Waals surface area contributed by atoms with Crippen LogP contribution in [0.2, 0.25) is 0 Å². The minimum atomic E-state index is -0.512. The van der Waals surface area contributed by atoms with Gasteiger partial charge >= 0.3 is 0 Å². The molecule has 0 radical (unpaired) electrons. The largest absolute Gasteiger partial charge is 0.389 e. The predicted octanol–water partition coefficient (Wildman–Crippen LogP) is 0.0807. The Kier molecular flexibility index (Phi) is 5.04. The molecule has 0 saturated carbocycles. The van der Waals surface area contributed by atoms with Gasteiger partial charge in [0.1, 0.15) is 12.2 Å².